The van der Waals surface area contributed by atoms with Crippen molar-refractivity contribution in [2.24, 2.45) is 5.92 Å². The van der Waals surface area contributed by atoms with Gasteiger partial charge in [0.2, 0.25) is 11.8 Å². The van der Waals surface area contributed by atoms with E-state index in [9.17, 15) is 23.5 Å². The number of nitrogens with one attached hydrogen (secondary N) is 2. The maximum Gasteiger partial charge on any atom is 0.242 e. The predicted octanol–water partition coefficient (Wildman–Crippen LogP) is 3.58. The maximum absolute atomic E-state index is 13.8. The number of hydrogen-bond donors (Lipinski definition) is 3. The number of rotatable bonds is 14. The Morgan fingerprint density at radius 2 is 1.92 bits per heavy atom. The first-order chi connectivity index (χ1) is 18.2. The van der Waals surface area contributed by atoms with Gasteiger partial charge in [-0.15, -0.1) is 0 Å². The fourth-order valence-electron chi connectivity index (χ4n) is 4.87. The van der Waals surface area contributed by atoms with Crippen molar-refractivity contribution < 1.29 is 28.2 Å². The van der Waals surface area contributed by atoms with E-state index in [0.29, 0.717) is 24.4 Å². The van der Waals surface area contributed by atoms with E-state index in [0.717, 1.165) is 37.3 Å². The van der Waals surface area contributed by atoms with Gasteiger partial charge in [0.15, 0.2) is 0 Å². The van der Waals surface area contributed by atoms with Gasteiger partial charge in [0.25, 0.3) is 0 Å². The van der Waals surface area contributed by atoms with Crippen molar-refractivity contribution in [2.75, 3.05) is 20.2 Å². The average Bonchev–Trinajstić information content (AvgIpc) is 3.25. The van der Waals surface area contributed by atoms with Crippen molar-refractivity contribution in [3.05, 3.63) is 65.2 Å². The molecular formula is C29H39F2N3O4. The van der Waals surface area contributed by atoms with Crippen LogP contribution in [-0.2, 0) is 22.6 Å². The van der Waals surface area contributed by atoms with Crippen molar-refractivity contribution in [2.45, 2.75) is 70.7 Å². The van der Waals surface area contributed by atoms with Gasteiger partial charge in [0.05, 0.1) is 19.3 Å². The standard InChI is InChI=1S/C29H39F2N3O4/c1-4-5-8-22-10-11-34(29(22)37)19(2)28(36)33-26(15-21-12-23(30)16-24(31)13-21)27(35)18-32-17-20-7-6-9-25(14-20)38-3/h6-7,9,12-14,16,19,22,26-27,32,35H,4-5,8,10-11,15,17-18H2,1-3H3,(H,33,36)/t19-,22-,26-,27+/m0/s1. The van der Waals surface area contributed by atoms with Crippen molar-refractivity contribution >= 4 is 11.8 Å². The number of halogens is 2. The number of hydrogen-bond acceptors (Lipinski definition) is 5. The van der Waals surface area contributed by atoms with Gasteiger partial charge in [-0.3, -0.25) is 9.59 Å². The molecule has 1 fully saturated rings. The Morgan fingerprint density at radius 1 is 1.18 bits per heavy atom. The largest absolute Gasteiger partial charge is 0.497 e. The summed E-state index contributed by atoms with van der Waals surface area (Å²) in [6.45, 7) is 4.82. The topological polar surface area (TPSA) is 90.9 Å². The maximum atomic E-state index is 13.8. The van der Waals surface area contributed by atoms with E-state index in [1.807, 2.05) is 24.3 Å². The highest BCUT2D eigenvalue weighted by Gasteiger charge is 2.37. The molecule has 9 heteroatoms. The van der Waals surface area contributed by atoms with Crippen LogP contribution in [-0.4, -0.2) is 60.2 Å². The number of ether oxygens (including phenoxy) is 1. The van der Waals surface area contributed by atoms with Gasteiger partial charge >= 0.3 is 0 Å². The first-order valence-corrected chi connectivity index (χ1v) is 13.3. The molecule has 3 N–H and O–H groups in total. The van der Waals surface area contributed by atoms with E-state index in [1.54, 1.807) is 18.9 Å². The van der Waals surface area contributed by atoms with Crippen LogP contribution in [0.5, 0.6) is 5.75 Å². The molecule has 0 bridgehead atoms. The molecule has 0 saturated carbocycles. The van der Waals surface area contributed by atoms with Gasteiger partial charge in [-0.05, 0) is 61.6 Å². The summed E-state index contributed by atoms with van der Waals surface area (Å²) in [5, 5.41) is 17.0. The lowest BCUT2D eigenvalue weighted by Gasteiger charge is -2.29. The third kappa shape index (κ3) is 8.23. The Balaban J connectivity index is 1.67. The van der Waals surface area contributed by atoms with Crippen LogP contribution in [0.25, 0.3) is 0 Å². The number of methoxy groups -OCH3 is 1. The van der Waals surface area contributed by atoms with Crippen LogP contribution in [0.2, 0.25) is 0 Å². The summed E-state index contributed by atoms with van der Waals surface area (Å²) in [5.74, 6) is -1.25. The van der Waals surface area contributed by atoms with E-state index < -0.39 is 35.7 Å². The lowest BCUT2D eigenvalue weighted by Crippen LogP contribution is -2.54. The van der Waals surface area contributed by atoms with E-state index in [1.165, 1.54) is 12.1 Å². The summed E-state index contributed by atoms with van der Waals surface area (Å²) in [6.07, 6.45) is 2.46. The Hall–Kier alpha value is -3.04. The summed E-state index contributed by atoms with van der Waals surface area (Å²) in [4.78, 5) is 27.6. The minimum atomic E-state index is -1.06. The van der Waals surface area contributed by atoms with E-state index in [4.69, 9.17) is 4.74 Å². The van der Waals surface area contributed by atoms with Crippen LogP contribution in [0.15, 0.2) is 42.5 Å². The van der Waals surface area contributed by atoms with Gasteiger partial charge in [-0.25, -0.2) is 8.78 Å². The van der Waals surface area contributed by atoms with E-state index >= 15 is 0 Å². The third-order valence-electron chi connectivity index (χ3n) is 7.09. The number of aliphatic hydroxyl groups is 1. The highest BCUT2D eigenvalue weighted by molar-refractivity contribution is 5.89. The van der Waals surface area contributed by atoms with Gasteiger partial charge < -0.3 is 25.4 Å². The molecule has 0 radical (unpaired) electrons. The Morgan fingerprint density at radius 3 is 2.61 bits per heavy atom. The molecule has 2 amide bonds. The molecule has 1 saturated heterocycles. The van der Waals surface area contributed by atoms with Crippen LogP contribution in [0.4, 0.5) is 8.78 Å². The van der Waals surface area contributed by atoms with Gasteiger partial charge in [-0.2, -0.15) is 0 Å². The van der Waals surface area contributed by atoms with Crippen molar-refractivity contribution in [3.8, 4) is 5.75 Å². The molecule has 2 aromatic carbocycles. The number of amides is 2. The highest BCUT2D eigenvalue weighted by atomic mass is 19.1. The molecule has 0 aliphatic carbocycles. The smallest absolute Gasteiger partial charge is 0.242 e. The second kappa shape index (κ2) is 14.2. The van der Waals surface area contributed by atoms with Crippen molar-refractivity contribution in [1.29, 1.82) is 0 Å². The lowest BCUT2D eigenvalue weighted by atomic mass is 10.00. The molecule has 7 nitrogen and oxygen atoms in total. The van der Waals surface area contributed by atoms with E-state index in [2.05, 4.69) is 17.6 Å². The molecule has 1 aliphatic rings. The Bertz CT molecular complexity index is 1060. The number of benzene rings is 2. The zero-order valence-electron chi connectivity index (χ0n) is 22.4. The number of unbranched alkanes of at least 4 members (excludes halogenated alkanes) is 1. The third-order valence-corrected chi connectivity index (χ3v) is 7.09. The molecule has 208 valence electrons. The number of carbonyl (C=O) groups is 2. The number of nitrogens with zero attached hydrogens (tertiary/aromatic N) is 1. The summed E-state index contributed by atoms with van der Waals surface area (Å²) in [5.41, 5.74) is 1.26. The highest BCUT2D eigenvalue weighted by Crippen LogP contribution is 2.25. The number of likely N-dealkylation sites (tertiary alicyclic amines) is 1. The normalized spacial score (nSPS) is 17.8. The molecule has 2 aromatic rings. The molecule has 3 rings (SSSR count). The van der Waals surface area contributed by atoms with Crippen molar-refractivity contribution in [3.63, 3.8) is 0 Å². The molecule has 0 spiro atoms. The molecular weight excluding hydrogens is 492 g/mol. The molecule has 38 heavy (non-hydrogen) atoms. The minimum Gasteiger partial charge on any atom is -0.497 e. The molecule has 0 aromatic heterocycles. The zero-order chi connectivity index (χ0) is 27.7. The zero-order valence-corrected chi connectivity index (χ0v) is 22.4. The fraction of sp³-hybridized carbons (Fsp3) is 0.517. The fourth-order valence-corrected chi connectivity index (χ4v) is 4.87. The first-order valence-electron chi connectivity index (χ1n) is 13.3. The predicted molar refractivity (Wildman–Crippen MR) is 142 cm³/mol. The Kier molecular flexibility index (Phi) is 11.0. The average molecular weight is 532 g/mol. The van der Waals surface area contributed by atoms with Gasteiger partial charge in [-0.1, -0.05) is 31.9 Å². The molecule has 4 atom stereocenters. The first kappa shape index (κ1) is 29.5. The second-order valence-electron chi connectivity index (χ2n) is 9.98. The summed E-state index contributed by atoms with van der Waals surface area (Å²) < 4.78 is 32.9. The van der Waals surface area contributed by atoms with Gasteiger partial charge in [0, 0.05) is 31.6 Å². The van der Waals surface area contributed by atoms with Crippen LogP contribution < -0.4 is 15.4 Å². The van der Waals surface area contributed by atoms with Gasteiger partial charge in [0.1, 0.15) is 23.4 Å². The SMILES string of the molecule is CCCC[C@H]1CCN([C@@H](C)C(=O)N[C@@H](Cc2cc(F)cc(F)c2)[C@H](O)CNCc2cccc(OC)c2)C1=O. The monoisotopic (exact) mass is 531 g/mol. The summed E-state index contributed by atoms with van der Waals surface area (Å²) in [7, 11) is 1.58. The quantitative estimate of drug-likeness (QED) is 0.347. The second-order valence-corrected chi connectivity index (χ2v) is 9.98. The number of carbonyl (C=O) groups excluding carboxylic acids is 2. The Labute approximate surface area is 223 Å². The molecule has 1 aliphatic heterocycles. The van der Waals surface area contributed by atoms with E-state index in [-0.39, 0.29) is 24.8 Å². The minimum absolute atomic E-state index is 0.0161. The van der Waals surface area contributed by atoms with Crippen LogP contribution in [0.3, 0.4) is 0 Å². The summed E-state index contributed by atoms with van der Waals surface area (Å²) in [6, 6.07) is 9.07. The lowest BCUT2D eigenvalue weighted by molar-refractivity contribution is -0.139. The van der Waals surface area contributed by atoms with Crippen molar-refractivity contribution in [1.82, 2.24) is 15.5 Å². The summed E-state index contributed by atoms with van der Waals surface area (Å²) >= 11 is 0. The molecule has 1 heterocycles. The van der Waals surface area contributed by atoms with Crippen LogP contribution >= 0.6 is 0 Å². The van der Waals surface area contributed by atoms with Crippen LogP contribution in [0.1, 0.15) is 50.7 Å². The molecule has 0 unspecified atom stereocenters. The number of aliphatic hydroxyl groups excluding tert-OH is 1. The van der Waals surface area contributed by atoms with Crippen LogP contribution in [0, 0.1) is 17.6 Å².